The van der Waals surface area contributed by atoms with Crippen molar-refractivity contribution in [2.45, 2.75) is 25.4 Å². The predicted octanol–water partition coefficient (Wildman–Crippen LogP) is 3.43. The van der Waals surface area contributed by atoms with Crippen LogP contribution in [0.25, 0.3) is 0 Å². The zero-order valence-corrected chi connectivity index (χ0v) is 20.2. The molecule has 3 amide bonds. The smallest absolute Gasteiger partial charge is 0.271 e. The number of hydrogen-bond donors (Lipinski definition) is 2. The molecule has 3 aromatic carbocycles. The van der Waals surface area contributed by atoms with E-state index in [1.165, 1.54) is 4.90 Å². The molecule has 3 aromatic rings. The summed E-state index contributed by atoms with van der Waals surface area (Å²) >= 11 is 0. The highest BCUT2D eigenvalue weighted by atomic mass is 16.5. The van der Waals surface area contributed by atoms with Crippen molar-refractivity contribution in [1.29, 1.82) is 0 Å². The molecule has 0 saturated heterocycles. The van der Waals surface area contributed by atoms with E-state index in [1.807, 2.05) is 60.7 Å². The van der Waals surface area contributed by atoms with Crippen LogP contribution in [-0.4, -0.2) is 47.2 Å². The number of amides is 3. The maximum atomic E-state index is 13.9. The van der Waals surface area contributed by atoms with Gasteiger partial charge in [0.25, 0.3) is 11.8 Å². The summed E-state index contributed by atoms with van der Waals surface area (Å²) in [6.45, 7) is 0.135. The minimum Gasteiger partial charge on any atom is -0.497 e. The number of fused-ring (bicyclic) bond motifs is 1. The standard InChI is InChI=1S/C28H25N5O4/c1-37-20-13-11-19(12-14-20)25-26(27(35)30-22-10-6-5-9-21(22)29-25)33(17-18-7-3-2-4-8-18)28(36)23-15-16-24(34)32-31-23/h2-14,26H,15-17H2,1H3,(H,30,35)(H,32,34). The number of carbonyl (C=O) groups is 3. The summed E-state index contributed by atoms with van der Waals surface area (Å²) in [6.07, 6.45) is 0.324. The Kier molecular flexibility index (Phi) is 6.76. The Morgan fingerprint density at radius 2 is 1.70 bits per heavy atom. The SMILES string of the molecule is COc1ccc(C2=Nc3ccccc3NC(=O)C2N(Cc2ccccc2)C(=O)C2=NNC(=O)CC2)cc1. The first-order valence-electron chi connectivity index (χ1n) is 11.9. The lowest BCUT2D eigenvalue weighted by Crippen LogP contribution is -2.53. The number of hydrazone groups is 1. The average molecular weight is 496 g/mol. The molecule has 0 radical (unpaired) electrons. The molecule has 5 rings (SSSR count). The van der Waals surface area contributed by atoms with Crippen molar-refractivity contribution in [3.05, 3.63) is 90.0 Å². The number of methoxy groups -OCH3 is 1. The van der Waals surface area contributed by atoms with Crippen molar-refractivity contribution in [1.82, 2.24) is 10.3 Å². The van der Waals surface area contributed by atoms with Gasteiger partial charge in [-0.3, -0.25) is 14.4 Å². The number of aliphatic imine (C=N–C) groups is 1. The van der Waals surface area contributed by atoms with Crippen molar-refractivity contribution in [3.63, 3.8) is 0 Å². The van der Waals surface area contributed by atoms with Gasteiger partial charge in [-0.1, -0.05) is 42.5 Å². The van der Waals surface area contributed by atoms with Gasteiger partial charge in [0.15, 0.2) is 6.04 Å². The van der Waals surface area contributed by atoms with Gasteiger partial charge in [-0.25, -0.2) is 10.4 Å². The van der Waals surface area contributed by atoms with Crippen molar-refractivity contribution >= 4 is 40.5 Å². The number of ether oxygens (including phenoxy) is 1. The van der Waals surface area contributed by atoms with Crippen LogP contribution in [0, 0.1) is 0 Å². The normalized spacial score (nSPS) is 16.8. The Bertz CT molecular complexity index is 1400. The van der Waals surface area contributed by atoms with E-state index in [0.29, 0.717) is 28.4 Å². The number of hydrogen-bond acceptors (Lipinski definition) is 6. The molecule has 0 bridgehead atoms. The van der Waals surface area contributed by atoms with Crippen LogP contribution in [0.4, 0.5) is 11.4 Å². The molecule has 9 heteroatoms. The van der Waals surface area contributed by atoms with E-state index in [9.17, 15) is 14.4 Å². The molecular formula is C28H25N5O4. The Morgan fingerprint density at radius 1 is 0.973 bits per heavy atom. The third-order valence-corrected chi connectivity index (χ3v) is 6.22. The predicted molar refractivity (Wildman–Crippen MR) is 140 cm³/mol. The lowest BCUT2D eigenvalue weighted by molar-refractivity contribution is -0.132. The fourth-order valence-electron chi connectivity index (χ4n) is 4.32. The van der Waals surface area contributed by atoms with Crippen molar-refractivity contribution in [3.8, 4) is 5.75 Å². The van der Waals surface area contributed by atoms with Gasteiger partial charge in [0.1, 0.15) is 11.5 Å². The van der Waals surface area contributed by atoms with Crippen molar-refractivity contribution < 1.29 is 19.1 Å². The zero-order chi connectivity index (χ0) is 25.8. The molecule has 0 aliphatic carbocycles. The van der Waals surface area contributed by atoms with Crippen LogP contribution in [0.1, 0.15) is 24.0 Å². The van der Waals surface area contributed by atoms with Gasteiger partial charge in [-0.05, 0) is 47.5 Å². The van der Waals surface area contributed by atoms with E-state index in [1.54, 1.807) is 25.3 Å². The molecule has 0 fully saturated rings. The van der Waals surface area contributed by atoms with Crippen LogP contribution >= 0.6 is 0 Å². The Balaban J connectivity index is 1.64. The molecule has 2 heterocycles. The molecule has 0 spiro atoms. The topological polar surface area (TPSA) is 112 Å². The minimum atomic E-state index is -1.08. The van der Waals surface area contributed by atoms with Gasteiger partial charge in [0.2, 0.25) is 5.91 Å². The fraction of sp³-hybridized carbons (Fsp3) is 0.179. The number of rotatable bonds is 6. The molecule has 9 nitrogen and oxygen atoms in total. The second kappa shape index (κ2) is 10.4. The Labute approximate surface area is 213 Å². The summed E-state index contributed by atoms with van der Waals surface area (Å²) in [5.74, 6) is -0.446. The van der Waals surface area contributed by atoms with E-state index in [0.717, 1.165) is 5.56 Å². The van der Waals surface area contributed by atoms with Gasteiger partial charge < -0.3 is 15.0 Å². The highest BCUT2D eigenvalue weighted by molar-refractivity contribution is 6.41. The fourth-order valence-corrected chi connectivity index (χ4v) is 4.32. The van der Waals surface area contributed by atoms with Crippen LogP contribution in [0.3, 0.4) is 0 Å². The van der Waals surface area contributed by atoms with E-state index in [2.05, 4.69) is 15.8 Å². The number of nitrogens with one attached hydrogen (secondary N) is 2. The van der Waals surface area contributed by atoms with Gasteiger partial charge in [-0.2, -0.15) is 5.10 Å². The second-order valence-corrected chi connectivity index (χ2v) is 8.65. The third-order valence-electron chi connectivity index (χ3n) is 6.22. The summed E-state index contributed by atoms with van der Waals surface area (Å²) in [7, 11) is 1.58. The van der Waals surface area contributed by atoms with Gasteiger partial charge in [0.05, 0.1) is 24.2 Å². The summed E-state index contributed by atoms with van der Waals surface area (Å²) in [5.41, 5.74) is 5.61. The monoisotopic (exact) mass is 495 g/mol. The summed E-state index contributed by atoms with van der Waals surface area (Å²) < 4.78 is 5.30. The minimum absolute atomic E-state index is 0.135. The average Bonchev–Trinajstić information content (AvgIpc) is 3.08. The van der Waals surface area contributed by atoms with Crippen LogP contribution in [0.15, 0.2) is 89.0 Å². The largest absolute Gasteiger partial charge is 0.497 e. The quantitative estimate of drug-likeness (QED) is 0.546. The Morgan fingerprint density at radius 3 is 2.41 bits per heavy atom. The van der Waals surface area contributed by atoms with E-state index in [-0.39, 0.29) is 31.0 Å². The third kappa shape index (κ3) is 5.11. The van der Waals surface area contributed by atoms with Crippen molar-refractivity contribution in [2.24, 2.45) is 10.1 Å². The molecule has 0 aromatic heterocycles. The lowest BCUT2D eigenvalue weighted by Gasteiger charge is -2.32. The van der Waals surface area contributed by atoms with Crippen LogP contribution in [0.5, 0.6) is 5.75 Å². The number of nitrogens with zero attached hydrogens (tertiary/aromatic N) is 3. The van der Waals surface area contributed by atoms with E-state index in [4.69, 9.17) is 9.73 Å². The second-order valence-electron chi connectivity index (χ2n) is 8.65. The summed E-state index contributed by atoms with van der Waals surface area (Å²) in [4.78, 5) is 45.8. The first kappa shape index (κ1) is 23.9. The first-order chi connectivity index (χ1) is 18.0. The molecule has 0 saturated carbocycles. The lowest BCUT2D eigenvalue weighted by atomic mass is 9.98. The van der Waals surface area contributed by atoms with Crippen LogP contribution in [-0.2, 0) is 20.9 Å². The maximum absolute atomic E-state index is 13.9. The van der Waals surface area contributed by atoms with E-state index < -0.39 is 17.9 Å². The van der Waals surface area contributed by atoms with Crippen LogP contribution in [0.2, 0.25) is 0 Å². The highest BCUT2D eigenvalue weighted by Crippen LogP contribution is 2.31. The maximum Gasteiger partial charge on any atom is 0.271 e. The number of para-hydroxylation sites is 2. The molecule has 186 valence electrons. The molecule has 2 N–H and O–H groups in total. The van der Waals surface area contributed by atoms with Gasteiger partial charge >= 0.3 is 0 Å². The molecule has 2 aliphatic heterocycles. The van der Waals surface area contributed by atoms with E-state index >= 15 is 0 Å². The van der Waals surface area contributed by atoms with Crippen LogP contribution < -0.4 is 15.5 Å². The zero-order valence-electron chi connectivity index (χ0n) is 20.2. The van der Waals surface area contributed by atoms with Gasteiger partial charge in [0, 0.05) is 19.4 Å². The van der Waals surface area contributed by atoms with Gasteiger partial charge in [-0.15, -0.1) is 0 Å². The number of anilines is 1. The molecular weight excluding hydrogens is 470 g/mol. The Hall–Kier alpha value is -4.79. The highest BCUT2D eigenvalue weighted by Gasteiger charge is 2.39. The molecule has 2 aliphatic rings. The summed E-state index contributed by atoms with van der Waals surface area (Å²) in [6, 6.07) is 22.8. The van der Waals surface area contributed by atoms with Crippen molar-refractivity contribution in [2.75, 3.05) is 12.4 Å². The molecule has 1 atom stereocenters. The molecule has 37 heavy (non-hydrogen) atoms. The number of benzene rings is 3. The number of carbonyl (C=O) groups excluding carboxylic acids is 3. The first-order valence-corrected chi connectivity index (χ1v) is 11.9. The molecule has 1 unspecified atom stereocenters. The summed E-state index contributed by atoms with van der Waals surface area (Å²) in [5, 5.41) is 6.96.